The van der Waals surface area contributed by atoms with Crippen molar-refractivity contribution in [2.75, 3.05) is 19.6 Å². The van der Waals surface area contributed by atoms with E-state index >= 15 is 0 Å². The SMILES string of the molecule is CCN(CC)C(=O)c1c2c(c(O)c(=O)n1C)C(=O)N(Cc1ccc(F)cc1)CC2. The van der Waals surface area contributed by atoms with Crippen LogP contribution in [-0.4, -0.2) is 50.9 Å². The zero-order chi connectivity index (χ0) is 21.3. The molecule has 3 rings (SSSR count). The maximum Gasteiger partial charge on any atom is 0.293 e. The number of carbonyl (C=O) groups is 2. The van der Waals surface area contributed by atoms with Gasteiger partial charge < -0.3 is 19.5 Å². The van der Waals surface area contributed by atoms with Gasteiger partial charge in [0.15, 0.2) is 5.75 Å². The summed E-state index contributed by atoms with van der Waals surface area (Å²) in [5.74, 6) is -1.87. The van der Waals surface area contributed by atoms with Crippen LogP contribution >= 0.6 is 0 Å². The van der Waals surface area contributed by atoms with Gasteiger partial charge in [0, 0.05) is 38.8 Å². The molecule has 0 radical (unpaired) electrons. The Kier molecular flexibility index (Phi) is 5.72. The summed E-state index contributed by atoms with van der Waals surface area (Å²) in [6.45, 7) is 5.13. The first-order valence-electron chi connectivity index (χ1n) is 9.57. The number of hydrogen-bond acceptors (Lipinski definition) is 4. The van der Waals surface area contributed by atoms with Gasteiger partial charge in [-0.25, -0.2) is 4.39 Å². The number of nitrogens with zero attached hydrogens (tertiary/aromatic N) is 3. The summed E-state index contributed by atoms with van der Waals surface area (Å²) in [4.78, 5) is 41.7. The molecule has 2 heterocycles. The smallest absolute Gasteiger partial charge is 0.293 e. The van der Waals surface area contributed by atoms with Crippen LogP contribution in [0.5, 0.6) is 5.75 Å². The molecule has 0 atom stereocenters. The van der Waals surface area contributed by atoms with Crippen LogP contribution in [0.4, 0.5) is 4.39 Å². The van der Waals surface area contributed by atoms with E-state index < -0.39 is 17.2 Å². The van der Waals surface area contributed by atoms with E-state index in [9.17, 15) is 23.9 Å². The Morgan fingerprint density at radius 1 is 1.17 bits per heavy atom. The summed E-state index contributed by atoms with van der Waals surface area (Å²) in [5.41, 5.74) is 0.363. The van der Waals surface area contributed by atoms with Crippen molar-refractivity contribution >= 4 is 11.8 Å². The second-order valence-electron chi connectivity index (χ2n) is 7.00. The molecule has 8 heteroatoms. The molecular formula is C21H24FN3O4. The van der Waals surface area contributed by atoms with Crippen LogP contribution < -0.4 is 5.56 Å². The second-order valence-corrected chi connectivity index (χ2v) is 7.00. The molecule has 0 spiro atoms. The number of aromatic hydroxyl groups is 1. The molecule has 2 aromatic rings. The number of benzene rings is 1. The average Bonchev–Trinajstić information content (AvgIpc) is 2.70. The molecule has 0 aliphatic carbocycles. The van der Waals surface area contributed by atoms with Gasteiger partial charge in [0.1, 0.15) is 11.5 Å². The van der Waals surface area contributed by atoms with Crippen molar-refractivity contribution in [2.45, 2.75) is 26.8 Å². The van der Waals surface area contributed by atoms with Crippen LogP contribution in [0.25, 0.3) is 0 Å². The minimum Gasteiger partial charge on any atom is -0.502 e. The molecule has 154 valence electrons. The summed E-state index contributed by atoms with van der Waals surface area (Å²) in [6, 6.07) is 5.78. The molecular weight excluding hydrogens is 377 g/mol. The van der Waals surface area contributed by atoms with Gasteiger partial charge in [-0.3, -0.25) is 14.4 Å². The van der Waals surface area contributed by atoms with Crippen molar-refractivity contribution in [3.63, 3.8) is 0 Å². The van der Waals surface area contributed by atoms with E-state index in [0.29, 0.717) is 31.6 Å². The number of pyridine rings is 1. The van der Waals surface area contributed by atoms with Crippen molar-refractivity contribution in [3.05, 3.63) is 62.8 Å². The molecule has 0 unspecified atom stereocenters. The van der Waals surface area contributed by atoms with E-state index in [1.807, 2.05) is 13.8 Å². The number of hydrogen-bond donors (Lipinski definition) is 1. The fourth-order valence-electron chi connectivity index (χ4n) is 3.71. The minimum absolute atomic E-state index is 0.114. The molecule has 2 amide bonds. The van der Waals surface area contributed by atoms with Gasteiger partial charge in [-0.2, -0.15) is 0 Å². The highest BCUT2D eigenvalue weighted by Gasteiger charge is 2.35. The van der Waals surface area contributed by atoms with Gasteiger partial charge in [-0.1, -0.05) is 12.1 Å². The fourth-order valence-corrected chi connectivity index (χ4v) is 3.71. The van der Waals surface area contributed by atoms with Crippen molar-refractivity contribution in [3.8, 4) is 5.75 Å². The lowest BCUT2D eigenvalue weighted by Gasteiger charge is -2.31. The Labute approximate surface area is 168 Å². The van der Waals surface area contributed by atoms with Gasteiger partial charge in [-0.05, 0) is 38.0 Å². The summed E-state index contributed by atoms with van der Waals surface area (Å²) in [7, 11) is 1.43. The van der Waals surface area contributed by atoms with E-state index in [2.05, 4.69) is 0 Å². The van der Waals surface area contributed by atoms with Crippen LogP contribution in [0.15, 0.2) is 29.1 Å². The summed E-state index contributed by atoms with van der Waals surface area (Å²) >= 11 is 0. The monoisotopic (exact) mass is 401 g/mol. The first kappa shape index (κ1) is 20.6. The quantitative estimate of drug-likeness (QED) is 0.830. The molecule has 0 saturated carbocycles. The molecule has 1 N–H and O–H groups in total. The van der Waals surface area contributed by atoms with Gasteiger partial charge in [0.25, 0.3) is 17.4 Å². The normalized spacial score (nSPS) is 13.4. The number of fused-ring (bicyclic) bond motifs is 1. The molecule has 29 heavy (non-hydrogen) atoms. The largest absolute Gasteiger partial charge is 0.502 e. The number of halogens is 1. The van der Waals surface area contributed by atoms with Crippen LogP contribution in [0.3, 0.4) is 0 Å². The van der Waals surface area contributed by atoms with E-state index in [1.54, 1.807) is 17.0 Å². The van der Waals surface area contributed by atoms with E-state index in [4.69, 9.17) is 0 Å². The Hall–Kier alpha value is -3.16. The molecule has 1 aromatic carbocycles. The first-order valence-corrected chi connectivity index (χ1v) is 9.57. The van der Waals surface area contributed by atoms with Crippen molar-refractivity contribution < 1.29 is 19.1 Å². The predicted octanol–water partition coefficient (Wildman–Crippen LogP) is 1.91. The van der Waals surface area contributed by atoms with Crippen molar-refractivity contribution in [1.29, 1.82) is 0 Å². The highest BCUT2D eigenvalue weighted by molar-refractivity contribution is 6.03. The highest BCUT2D eigenvalue weighted by atomic mass is 19.1. The third kappa shape index (κ3) is 3.62. The molecule has 1 aromatic heterocycles. The lowest BCUT2D eigenvalue weighted by atomic mass is 9.95. The molecule has 0 fully saturated rings. The molecule has 1 aliphatic heterocycles. The Morgan fingerprint density at radius 2 is 1.79 bits per heavy atom. The summed E-state index contributed by atoms with van der Waals surface area (Å²) < 4.78 is 14.3. The maximum atomic E-state index is 13.1. The summed E-state index contributed by atoms with van der Waals surface area (Å²) in [6.07, 6.45) is 0.326. The second kappa shape index (κ2) is 8.06. The van der Waals surface area contributed by atoms with E-state index in [0.717, 1.165) is 10.1 Å². The molecule has 0 bridgehead atoms. The standard InChI is InChI=1S/C21H24FN3O4/c1-4-24(5-2)20(28)17-15-10-11-25(12-13-6-8-14(22)9-7-13)19(27)16(15)18(26)21(29)23(17)3/h6-9,26H,4-5,10-12H2,1-3H3. The van der Waals surface area contributed by atoms with Gasteiger partial charge in [0.05, 0.1) is 5.56 Å². The molecule has 7 nitrogen and oxygen atoms in total. The highest BCUT2D eigenvalue weighted by Crippen LogP contribution is 2.29. The third-order valence-electron chi connectivity index (χ3n) is 5.34. The zero-order valence-corrected chi connectivity index (χ0v) is 16.7. The molecule has 1 aliphatic rings. The van der Waals surface area contributed by atoms with Gasteiger partial charge in [0.2, 0.25) is 0 Å². The Balaban J connectivity index is 2.05. The van der Waals surface area contributed by atoms with E-state index in [-0.39, 0.29) is 29.5 Å². The van der Waals surface area contributed by atoms with Gasteiger partial charge in [-0.15, -0.1) is 0 Å². The van der Waals surface area contributed by atoms with Crippen LogP contribution in [-0.2, 0) is 20.0 Å². The van der Waals surface area contributed by atoms with Crippen LogP contribution in [0.2, 0.25) is 0 Å². The molecule has 0 saturated heterocycles. The lowest BCUT2D eigenvalue weighted by Crippen LogP contribution is -2.43. The Morgan fingerprint density at radius 3 is 2.38 bits per heavy atom. The number of carbonyl (C=O) groups excluding carboxylic acids is 2. The van der Waals surface area contributed by atoms with Crippen LogP contribution in [0, 0.1) is 5.82 Å². The van der Waals surface area contributed by atoms with Gasteiger partial charge >= 0.3 is 0 Å². The average molecular weight is 401 g/mol. The predicted molar refractivity (Wildman–Crippen MR) is 105 cm³/mol. The third-order valence-corrected chi connectivity index (χ3v) is 5.34. The Bertz CT molecular complexity index is 1010. The van der Waals surface area contributed by atoms with E-state index in [1.165, 1.54) is 24.1 Å². The number of aromatic nitrogens is 1. The first-order chi connectivity index (χ1) is 13.8. The lowest BCUT2D eigenvalue weighted by molar-refractivity contribution is 0.0717. The maximum absolute atomic E-state index is 13.1. The fraction of sp³-hybridized carbons (Fsp3) is 0.381. The van der Waals surface area contributed by atoms with Crippen molar-refractivity contribution in [2.24, 2.45) is 7.05 Å². The zero-order valence-electron chi connectivity index (χ0n) is 16.7. The summed E-state index contributed by atoms with van der Waals surface area (Å²) in [5, 5.41) is 10.4. The number of rotatable bonds is 5. The number of amides is 2. The topological polar surface area (TPSA) is 82.9 Å². The van der Waals surface area contributed by atoms with Crippen LogP contribution in [0.1, 0.15) is 45.8 Å². The minimum atomic E-state index is -0.781. The van der Waals surface area contributed by atoms with Crippen molar-refractivity contribution in [1.82, 2.24) is 14.4 Å².